The molecule has 0 nitrogen and oxygen atoms in total. The maximum absolute atomic E-state index is 2.25. The summed E-state index contributed by atoms with van der Waals surface area (Å²) in [7, 11) is 0. The van der Waals surface area contributed by atoms with Gasteiger partial charge in [-0.3, -0.25) is 0 Å². The second kappa shape index (κ2) is 6.62. The normalized spacial score (nSPS) is 10.6. The lowest BCUT2D eigenvalue weighted by molar-refractivity contribution is 1.15. The highest BCUT2D eigenvalue weighted by atomic mass is 14.0. The summed E-state index contributed by atoms with van der Waals surface area (Å²) in [4.78, 5) is 0. The van der Waals surface area contributed by atoms with E-state index in [1.54, 1.807) is 0 Å². The van der Waals surface area contributed by atoms with Crippen LogP contribution < -0.4 is 0 Å². The molecule has 0 saturated heterocycles. The third kappa shape index (κ3) is 3.85. The Morgan fingerprint density at radius 3 is 0.909 bits per heavy atom. The van der Waals surface area contributed by atoms with Crippen molar-refractivity contribution in [2.24, 2.45) is 0 Å². The van der Waals surface area contributed by atoms with Crippen molar-refractivity contribution in [3.63, 3.8) is 0 Å². The minimum atomic E-state index is 1.01. The van der Waals surface area contributed by atoms with E-state index in [9.17, 15) is 0 Å². The molecule has 0 saturated carbocycles. The monoisotopic (exact) mass is 286 g/mol. The Kier molecular flexibility index (Phi) is 4.39. The van der Waals surface area contributed by atoms with Crippen LogP contribution in [0.3, 0.4) is 0 Å². The van der Waals surface area contributed by atoms with Gasteiger partial charge >= 0.3 is 0 Å². The number of hydrogen-bond acceptors (Lipinski definition) is 0. The van der Waals surface area contributed by atoms with Crippen molar-refractivity contribution in [3.8, 4) is 0 Å². The van der Waals surface area contributed by atoms with Crippen LogP contribution in [0.15, 0.2) is 72.8 Å². The van der Waals surface area contributed by atoms with Crippen molar-refractivity contribution >= 4 is 0 Å². The lowest BCUT2D eigenvalue weighted by Gasteiger charge is -2.06. The quantitative estimate of drug-likeness (QED) is 0.595. The standard InChI is InChI=1S/C22H22/c1-17-3-7-19(8-4-17)15-21-11-13-22(14-12-21)16-20-9-5-18(2)6-10-20/h3-14H,15-16H2,1-2H3. The van der Waals surface area contributed by atoms with Gasteiger partial charge in [-0.2, -0.15) is 0 Å². The predicted molar refractivity (Wildman–Crippen MR) is 94.4 cm³/mol. The largest absolute Gasteiger partial charge is 0.0590 e. The molecule has 0 heterocycles. The Hall–Kier alpha value is -2.34. The van der Waals surface area contributed by atoms with Gasteiger partial charge in [0.05, 0.1) is 0 Å². The summed E-state index contributed by atoms with van der Waals surface area (Å²) in [5.74, 6) is 0. The summed E-state index contributed by atoms with van der Waals surface area (Å²) >= 11 is 0. The van der Waals surface area contributed by atoms with Crippen molar-refractivity contribution in [3.05, 3.63) is 106 Å². The molecule has 3 aromatic rings. The number of aryl methyl sites for hydroxylation is 2. The van der Waals surface area contributed by atoms with Gasteiger partial charge in [0.15, 0.2) is 0 Å². The first kappa shape index (κ1) is 14.6. The first-order valence-corrected chi connectivity index (χ1v) is 7.88. The molecule has 0 N–H and O–H groups in total. The zero-order valence-corrected chi connectivity index (χ0v) is 13.3. The van der Waals surface area contributed by atoms with Gasteiger partial charge in [-0.1, -0.05) is 83.9 Å². The zero-order valence-electron chi connectivity index (χ0n) is 13.3. The molecule has 3 rings (SSSR count). The highest BCUT2D eigenvalue weighted by Crippen LogP contribution is 2.15. The van der Waals surface area contributed by atoms with Gasteiger partial charge in [-0.05, 0) is 48.9 Å². The maximum atomic E-state index is 2.25. The van der Waals surface area contributed by atoms with E-state index in [-0.39, 0.29) is 0 Å². The van der Waals surface area contributed by atoms with Crippen LogP contribution in [0.25, 0.3) is 0 Å². The topological polar surface area (TPSA) is 0 Å². The molecule has 22 heavy (non-hydrogen) atoms. The summed E-state index contributed by atoms with van der Waals surface area (Å²) in [6, 6.07) is 26.6. The second-order valence-electron chi connectivity index (χ2n) is 6.14. The molecule has 0 aromatic heterocycles. The fraction of sp³-hybridized carbons (Fsp3) is 0.182. The van der Waals surface area contributed by atoms with Crippen LogP contribution in [0.4, 0.5) is 0 Å². The molecular weight excluding hydrogens is 264 g/mol. The van der Waals surface area contributed by atoms with E-state index in [1.807, 2.05) is 0 Å². The first-order chi connectivity index (χ1) is 10.7. The highest BCUT2D eigenvalue weighted by molar-refractivity contribution is 5.33. The molecule has 0 heteroatoms. The van der Waals surface area contributed by atoms with Gasteiger partial charge in [0, 0.05) is 0 Å². The first-order valence-electron chi connectivity index (χ1n) is 7.88. The van der Waals surface area contributed by atoms with Gasteiger partial charge in [-0.25, -0.2) is 0 Å². The molecule has 0 amide bonds. The van der Waals surface area contributed by atoms with Crippen LogP contribution in [-0.4, -0.2) is 0 Å². The average Bonchev–Trinajstić information content (AvgIpc) is 2.54. The van der Waals surface area contributed by atoms with E-state index in [0.717, 1.165) is 12.8 Å². The van der Waals surface area contributed by atoms with Crippen molar-refractivity contribution < 1.29 is 0 Å². The Balaban J connectivity index is 1.67. The van der Waals surface area contributed by atoms with E-state index in [2.05, 4.69) is 86.6 Å². The van der Waals surface area contributed by atoms with E-state index in [4.69, 9.17) is 0 Å². The number of benzene rings is 3. The molecule has 0 aliphatic rings. The van der Waals surface area contributed by atoms with Crippen LogP contribution in [0.1, 0.15) is 33.4 Å². The number of hydrogen-bond donors (Lipinski definition) is 0. The van der Waals surface area contributed by atoms with Gasteiger partial charge < -0.3 is 0 Å². The summed E-state index contributed by atoms with van der Waals surface area (Å²) in [5.41, 5.74) is 8.12. The van der Waals surface area contributed by atoms with E-state index >= 15 is 0 Å². The summed E-state index contributed by atoms with van der Waals surface area (Å²) < 4.78 is 0. The molecule has 0 unspecified atom stereocenters. The van der Waals surface area contributed by atoms with Gasteiger partial charge in [0.2, 0.25) is 0 Å². The third-order valence-corrected chi connectivity index (χ3v) is 4.08. The van der Waals surface area contributed by atoms with E-state index in [0.29, 0.717) is 0 Å². The Bertz CT molecular complexity index is 650. The molecular formula is C22H22. The van der Waals surface area contributed by atoms with Crippen LogP contribution in [-0.2, 0) is 12.8 Å². The van der Waals surface area contributed by atoms with Gasteiger partial charge in [0.25, 0.3) is 0 Å². The molecule has 110 valence electrons. The van der Waals surface area contributed by atoms with Gasteiger partial charge in [-0.15, -0.1) is 0 Å². The predicted octanol–water partition coefficient (Wildman–Crippen LogP) is 5.49. The minimum Gasteiger partial charge on any atom is -0.0590 e. The fourth-order valence-corrected chi connectivity index (χ4v) is 2.66. The van der Waals surface area contributed by atoms with Crippen LogP contribution in [0, 0.1) is 13.8 Å². The summed E-state index contributed by atoms with van der Waals surface area (Å²) in [5, 5.41) is 0. The molecule has 0 bridgehead atoms. The second-order valence-corrected chi connectivity index (χ2v) is 6.14. The van der Waals surface area contributed by atoms with Crippen LogP contribution >= 0.6 is 0 Å². The van der Waals surface area contributed by atoms with Crippen LogP contribution in [0.2, 0.25) is 0 Å². The molecule has 0 aliphatic carbocycles. The van der Waals surface area contributed by atoms with Crippen molar-refractivity contribution in [2.45, 2.75) is 26.7 Å². The fourth-order valence-electron chi connectivity index (χ4n) is 2.66. The molecule has 0 atom stereocenters. The average molecular weight is 286 g/mol. The molecule has 3 aromatic carbocycles. The molecule has 0 spiro atoms. The lowest BCUT2D eigenvalue weighted by atomic mass is 9.99. The summed E-state index contributed by atoms with van der Waals surface area (Å²) in [6.45, 7) is 4.26. The van der Waals surface area contributed by atoms with Crippen molar-refractivity contribution in [1.82, 2.24) is 0 Å². The minimum absolute atomic E-state index is 1.01. The Morgan fingerprint density at radius 1 is 0.409 bits per heavy atom. The maximum Gasteiger partial charge on any atom is -0.00258 e. The molecule has 0 aliphatic heterocycles. The van der Waals surface area contributed by atoms with Gasteiger partial charge in [0.1, 0.15) is 0 Å². The number of rotatable bonds is 4. The van der Waals surface area contributed by atoms with Crippen molar-refractivity contribution in [1.29, 1.82) is 0 Å². The lowest BCUT2D eigenvalue weighted by Crippen LogP contribution is -1.91. The Labute approximate surface area is 133 Å². The SMILES string of the molecule is Cc1ccc(Cc2ccc(Cc3ccc(C)cc3)cc2)cc1. The highest BCUT2D eigenvalue weighted by Gasteiger charge is 1.99. The van der Waals surface area contributed by atoms with Crippen molar-refractivity contribution in [2.75, 3.05) is 0 Å². The third-order valence-electron chi connectivity index (χ3n) is 4.08. The Morgan fingerprint density at radius 2 is 0.636 bits per heavy atom. The molecule has 0 radical (unpaired) electrons. The smallest absolute Gasteiger partial charge is 0.00258 e. The summed E-state index contributed by atoms with van der Waals surface area (Å²) in [6.07, 6.45) is 2.01. The zero-order chi connectivity index (χ0) is 15.4. The molecule has 0 fully saturated rings. The van der Waals surface area contributed by atoms with Crippen LogP contribution in [0.5, 0.6) is 0 Å². The van der Waals surface area contributed by atoms with E-state index in [1.165, 1.54) is 33.4 Å². The van der Waals surface area contributed by atoms with E-state index < -0.39 is 0 Å².